The van der Waals surface area contributed by atoms with Gasteiger partial charge in [0.15, 0.2) is 0 Å². The fourth-order valence-corrected chi connectivity index (χ4v) is 3.48. The molecule has 0 spiro atoms. The molecular formula is C18H31ClN4OS. The number of carbonyl (C=O) groups is 1. The molecule has 1 aliphatic heterocycles. The number of nitrogens with zero attached hydrogens (tertiary/aromatic N) is 2. The Kier molecular flexibility index (Phi) is 10.3. The number of nitrogens with two attached hydrogens (primary N) is 1. The van der Waals surface area contributed by atoms with Crippen LogP contribution in [-0.4, -0.2) is 67.6 Å². The van der Waals surface area contributed by atoms with Gasteiger partial charge in [0.2, 0.25) is 5.91 Å². The van der Waals surface area contributed by atoms with Crippen molar-refractivity contribution in [2.45, 2.75) is 25.4 Å². The summed E-state index contributed by atoms with van der Waals surface area (Å²) in [4.78, 5) is 16.9. The SMILES string of the molecule is CSCC[C@H](N)C(=O)NC(C)CN1CCN(c2ccccc2)CC1.Cl. The van der Waals surface area contributed by atoms with Gasteiger partial charge in [0.1, 0.15) is 0 Å². The van der Waals surface area contributed by atoms with Gasteiger partial charge >= 0.3 is 0 Å². The number of thioether (sulfide) groups is 1. The number of piperazine rings is 1. The fourth-order valence-electron chi connectivity index (χ4n) is 2.99. The van der Waals surface area contributed by atoms with Gasteiger partial charge in [-0.2, -0.15) is 11.8 Å². The van der Waals surface area contributed by atoms with Gasteiger partial charge in [0.25, 0.3) is 0 Å². The molecule has 0 radical (unpaired) electrons. The van der Waals surface area contributed by atoms with E-state index in [0.29, 0.717) is 0 Å². The zero-order valence-electron chi connectivity index (χ0n) is 15.2. The van der Waals surface area contributed by atoms with Gasteiger partial charge < -0.3 is 16.0 Å². The van der Waals surface area contributed by atoms with Crippen molar-refractivity contribution in [2.24, 2.45) is 5.73 Å². The summed E-state index contributed by atoms with van der Waals surface area (Å²) in [6.07, 6.45) is 2.76. The monoisotopic (exact) mass is 386 g/mol. The minimum absolute atomic E-state index is 0. The maximum atomic E-state index is 12.1. The van der Waals surface area contributed by atoms with Crippen molar-refractivity contribution in [2.75, 3.05) is 49.6 Å². The van der Waals surface area contributed by atoms with Gasteiger partial charge in [-0.25, -0.2) is 0 Å². The van der Waals surface area contributed by atoms with Crippen molar-refractivity contribution in [3.63, 3.8) is 0 Å². The van der Waals surface area contributed by atoms with Crippen LogP contribution >= 0.6 is 24.2 Å². The summed E-state index contributed by atoms with van der Waals surface area (Å²) in [7, 11) is 0. The van der Waals surface area contributed by atoms with Crippen molar-refractivity contribution >= 4 is 35.8 Å². The number of benzene rings is 1. The van der Waals surface area contributed by atoms with Gasteiger partial charge in [0.05, 0.1) is 6.04 Å². The van der Waals surface area contributed by atoms with E-state index in [9.17, 15) is 4.79 Å². The predicted octanol–water partition coefficient (Wildman–Crippen LogP) is 1.82. The van der Waals surface area contributed by atoms with Crippen LogP contribution in [0.25, 0.3) is 0 Å². The van der Waals surface area contributed by atoms with Crippen molar-refractivity contribution in [3.05, 3.63) is 30.3 Å². The van der Waals surface area contributed by atoms with Crippen LogP contribution in [0.1, 0.15) is 13.3 Å². The molecule has 2 rings (SSSR count). The zero-order chi connectivity index (χ0) is 17.4. The van der Waals surface area contributed by atoms with Gasteiger partial charge in [-0.1, -0.05) is 18.2 Å². The quantitative estimate of drug-likeness (QED) is 0.713. The molecule has 25 heavy (non-hydrogen) atoms. The second-order valence-electron chi connectivity index (χ2n) is 6.42. The Morgan fingerprint density at radius 3 is 2.48 bits per heavy atom. The summed E-state index contributed by atoms with van der Waals surface area (Å²) in [6.45, 7) is 7.03. The smallest absolute Gasteiger partial charge is 0.237 e. The maximum absolute atomic E-state index is 12.1. The number of carbonyl (C=O) groups excluding carboxylic acids is 1. The third kappa shape index (κ3) is 7.44. The predicted molar refractivity (Wildman–Crippen MR) is 111 cm³/mol. The van der Waals surface area contributed by atoms with Crippen molar-refractivity contribution in [1.82, 2.24) is 10.2 Å². The lowest BCUT2D eigenvalue weighted by Gasteiger charge is -2.37. The summed E-state index contributed by atoms with van der Waals surface area (Å²) in [5, 5.41) is 3.05. The summed E-state index contributed by atoms with van der Waals surface area (Å²) in [5.41, 5.74) is 7.21. The first kappa shape index (κ1) is 22.1. The first-order valence-electron chi connectivity index (χ1n) is 8.67. The van der Waals surface area contributed by atoms with Gasteiger partial charge in [0, 0.05) is 44.5 Å². The Balaban J connectivity index is 0.00000312. The van der Waals surface area contributed by atoms with E-state index >= 15 is 0 Å². The lowest BCUT2D eigenvalue weighted by atomic mass is 10.2. The van der Waals surface area contributed by atoms with Gasteiger partial charge in [-0.3, -0.25) is 9.69 Å². The van der Waals surface area contributed by atoms with Crippen LogP contribution in [0.15, 0.2) is 30.3 Å². The summed E-state index contributed by atoms with van der Waals surface area (Å²) >= 11 is 1.72. The second kappa shape index (κ2) is 11.6. The Bertz CT molecular complexity index is 497. The lowest BCUT2D eigenvalue weighted by molar-refractivity contribution is -0.123. The van der Waals surface area contributed by atoms with E-state index in [4.69, 9.17) is 5.73 Å². The number of anilines is 1. The Hall–Kier alpha value is -0.950. The highest BCUT2D eigenvalue weighted by Crippen LogP contribution is 2.15. The molecule has 0 aliphatic carbocycles. The molecule has 1 aromatic carbocycles. The standard InChI is InChI=1S/C18H30N4OS.ClH/c1-15(20-18(23)17(19)8-13-24-2)14-21-9-11-22(12-10-21)16-6-4-3-5-7-16;/h3-7,15,17H,8-14,19H2,1-2H3,(H,20,23);1H/t15?,17-;/m0./s1. The highest BCUT2D eigenvalue weighted by atomic mass is 35.5. The van der Waals surface area contributed by atoms with Crippen molar-refractivity contribution in [1.29, 1.82) is 0 Å². The molecule has 1 amide bonds. The minimum Gasteiger partial charge on any atom is -0.369 e. The van der Waals surface area contributed by atoms with Crippen molar-refractivity contribution in [3.8, 4) is 0 Å². The fraction of sp³-hybridized carbons (Fsp3) is 0.611. The Labute approximate surface area is 162 Å². The van der Waals surface area contributed by atoms with Crippen LogP contribution in [0, 0.1) is 0 Å². The van der Waals surface area contributed by atoms with Gasteiger partial charge in [-0.15, -0.1) is 12.4 Å². The topological polar surface area (TPSA) is 61.6 Å². The molecule has 1 heterocycles. The molecule has 7 heteroatoms. The second-order valence-corrected chi connectivity index (χ2v) is 7.41. The first-order valence-corrected chi connectivity index (χ1v) is 10.1. The molecule has 1 aromatic rings. The molecule has 2 atom stereocenters. The first-order chi connectivity index (χ1) is 11.6. The number of rotatable bonds is 8. The highest BCUT2D eigenvalue weighted by Gasteiger charge is 2.20. The molecule has 0 aromatic heterocycles. The van der Waals surface area contributed by atoms with Crippen LogP contribution in [-0.2, 0) is 4.79 Å². The molecule has 0 saturated carbocycles. The number of halogens is 1. The number of hydrogen-bond acceptors (Lipinski definition) is 5. The van der Waals surface area contributed by atoms with E-state index in [1.165, 1.54) is 5.69 Å². The molecule has 1 fully saturated rings. The summed E-state index contributed by atoms with van der Waals surface area (Å²) in [6, 6.07) is 10.3. The van der Waals surface area contributed by atoms with E-state index in [-0.39, 0.29) is 24.4 Å². The highest BCUT2D eigenvalue weighted by molar-refractivity contribution is 7.98. The molecule has 1 aliphatic rings. The Morgan fingerprint density at radius 1 is 1.24 bits per heavy atom. The molecule has 0 bridgehead atoms. The van der Waals surface area contributed by atoms with E-state index in [0.717, 1.165) is 44.9 Å². The average Bonchev–Trinajstić information content (AvgIpc) is 2.61. The third-order valence-corrected chi connectivity index (χ3v) is 5.03. The van der Waals surface area contributed by atoms with Crippen LogP contribution in [0.5, 0.6) is 0 Å². The minimum atomic E-state index is -0.394. The average molecular weight is 387 g/mol. The number of hydrogen-bond donors (Lipinski definition) is 2. The van der Waals surface area contributed by atoms with Crippen molar-refractivity contribution < 1.29 is 4.79 Å². The lowest BCUT2D eigenvalue weighted by Crippen LogP contribution is -2.52. The number of nitrogens with one attached hydrogen (secondary N) is 1. The normalized spacial score (nSPS) is 17.5. The van der Waals surface area contributed by atoms with Crippen LogP contribution in [0.4, 0.5) is 5.69 Å². The molecule has 142 valence electrons. The third-order valence-electron chi connectivity index (χ3n) is 4.38. The molecule has 3 N–H and O–H groups in total. The number of para-hydroxylation sites is 1. The summed E-state index contributed by atoms with van der Waals surface area (Å²) < 4.78 is 0. The largest absolute Gasteiger partial charge is 0.369 e. The molecule has 5 nitrogen and oxygen atoms in total. The van der Waals surface area contributed by atoms with E-state index in [1.807, 2.05) is 12.3 Å². The Morgan fingerprint density at radius 2 is 1.88 bits per heavy atom. The van der Waals surface area contributed by atoms with E-state index in [1.54, 1.807) is 11.8 Å². The summed E-state index contributed by atoms with van der Waals surface area (Å²) in [5.74, 6) is 0.893. The van der Waals surface area contributed by atoms with Gasteiger partial charge in [-0.05, 0) is 37.5 Å². The zero-order valence-corrected chi connectivity index (χ0v) is 16.8. The van der Waals surface area contributed by atoms with Crippen LogP contribution in [0.2, 0.25) is 0 Å². The maximum Gasteiger partial charge on any atom is 0.237 e. The van der Waals surface area contributed by atoms with Crippen LogP contribution < -0.4 is 16.0 Å². The molecular weight excluding hydrogens is 356 g/mol. The molecule has 1 unspecified atom stereocenters. The number of amides is 1. The van der Waals surface area contributed by atoms with E-state index < -0.39 is 6.04 Å². The van der Waals surface area contributed by atoms with E-state index in [2.05, 4.69) is 46.3 Å². The molecule has 1 saturated heterocycles. The van der Waals surface area contributed by atoms with Crippen LogP contribution in [0.3, 0.4) is 0 Å².